The first kappa shape index (κ1) is 30.4. The number of rotatable bonds is 10. The van der Waals surface area contributed by atoms with Crippen molar-refractivity contribution in [3.05, 3.63) is 181 Å². The monoisotopic (exact) mass is 636 g/mol. The lowest BCUT2D eigenvalue weighted by atomic mass is 9.65. The molecular weight excluding hydrogens is 598 g/mol. The van der Waals surface area contributed by atoms with Crippen LogP contribution < -0.4 is 30.3 Å². The Morgan fingerprint density at radius 2 is 0.652 bits per heavy atom. The second-order valence-electron chi connectivity index (χ2n) is 11.8. The van der Waals surface area contributed by atoms with E-state index in [1.54, 1.807) is 0 Å². The van der Waals surface area contributed by atoms with Gasteiger partial charge in [-0.05, 0) is 48.2 Å². The van der Waals surface area contributed by atoms with E-state index in [-0.39, 0.29) is 5.41 Å². The van der Waals surface area contributed by atoms with Gasteiger partial charge in [-0.1, -0.05) is 165 Å². The van der Waals surface area contributed by atoms with E-state index in [4.69, 9.17) is 9.05 Å². The summed E-state index contributed by atoms with van der Waals surface area (Å²) < 4.78 is 13.5. The normalized spacial score (nSPS) is 14.2. The van der Waals surface area contributed by atoms with Crippen molar-refractivity contribution in [3.8, 4) is 11.5 Å². The average Bonchev–Trinajstić information content (AvgIpc) is 3.15. The average molecular weight is 637 g/mol. The topological polar surface area (TPSA) is 18.5 Å². The molecule has 0 unspecified atom stereocenters. The van der Waals surface area contributed by atoms with E-state index in [1.165, 1.54) is 51.6 Å². The van der Waals surface area contributed by atoms with Gasteiger partial charge in [-0.3, -0.25) is 0 Å². The van der Waals surface area contributed by atoms with Gasteiger partial charge >= 0.3 is 0 Å². The molecule has 228 valence electrons. The zero-order valence-corrected chi connectivity index (χ0v) is 27.7. The van der Waals surface area contributed by atoms with Crippen molar-refractivity contribution in [1.29, 1.82) is 0 Å². The predicted molar refractivity (Wildman–Crippen MR) is 196 cm³/mol. The molecule has 0 N–H and O–H groups in total. The third-order valence-corrected chi connectivity index (χ3v) is 12.7. The number of hydrogen-bond donors (Lipinski definition) is 0. The van der Waals surface area contributed by atoms with Crippen molar-refractivity contribution in [1.82, 2.24) is 0 Å². The smallest absolute Gasteiger partial charge is 0.150 e. The highest BCUT2D eigenvalue weighted by molar-refractivity contribution is 7.69. The van der Waals surface area contributed by atoms with Crippen molar-refractivity contribution in [2.45, 2.75) is 37.5 Å². The van der Waals surface area contributed by atoms with Crippen LogP contribution in [-0.2, 0) is 5.41 Å². The summed E-state index contributed by atoms with van der Waals surface area (Å²) in [5.41, 5.74) is 2.73. The minimum atomic E-state index is -0.965. The maximum Gasteiger partial charge on any atom is 0.150 e. The highest BCUT2D eigenvalue weighted by atomic mass is 31.1. The SMILES string of the molecule is c1ccc(P(Oc2ccc(C3(c4ccc(OP(c5ccccc5)c5ccccc5)cc4)CCCCC3)cc2)c2ccccc2)cc1. The molecule has 0 aromatic heterocycles. The standard InChI is InChI=1S/C42H38O2P2/c1-6-16-38(17-7-1)45(39-18-8-2-9-19-39)43-36-28-24-34(25-29-36)42(32-14-5-15-33-42)35-26-30-37(31-27-35)44-46(40-20-10-3-11-21-40)41-22-12-4-13-23-41/h1-4,6-13,16-31H,5,14-15,32-33H2. The molecule has 1 aliphatic carbocycles. The van der Waals surface area contributed by atoms with Crippen LogP contribution in [0.3, 0.4) is 0 Å². The molecular formula is C42H38O2P2. The molecule has 0 bridgehead atoms. The summed E-state index contributed by atoms with van der Waals surface area (Å²) in [6.07, 6.45) is 6.05. The van der Waals surface area contributed by atoms with E-state index in [0.717, 1.165) is 24.3 Å². The van der Waals surface area contributed by atoms with Gasteiger partial charge < -0.3 is 9.05 Å². The molecule has 0 spiro atoms. The highest BCUT2D eigenvalue weighted by Crippen LogP contribution is 2.47. The third-order valence-electron chi connectivity index (χ3n) is 8.88. The Bertz CT molecular complexity index is 1580. The second-order valence-corrected chi connectivity index (χ2v) is 15.4. The van der Waals surface area contributed by atoms with Crippen LogP contribution >= 0.6 is 16.3 Å². The first-order valence-corrected chi connectivity index (χ1v) is 18.7. The molecule has 1 fully saturated rings. The molecule has 0 atom stereocenters. The van der Waals surface area contributed by atoms with Crippen molar-refractivity contribution >= 4 is 37.5 Å². The summed E-state index contributed by atoms with van der Waals surface area (Å²) in [5.74, 6) is 1.82. The van der Waals surface area contributed by atoms with Crippen molar-refractivity contribution in [2.75, 3.05) is 0 Å². The largest absolute Gasteiger partial charge is 0.464 e. The van der Waals surface area contributed by atoms with Gasteiger partial charge in [-0.2, -0.15) is 0 Å². The maximum atomic E-state index is 6.74. The van der Waals surface area contributed by atoms with E-state index >= 15 is 0 Å². The van der Waals surface area contributed by atoms with Gasteiger partial charge in [0.15, 0.2) is 16.3 Å². The summed E-state index contributed by atoms with van der Waals surface area (Å²) in [5, 5.41) is 4.84. The molecule has 46 heavy (non-hydrogen) atoms. The molecule has 0 saturated heterocycles. The summed E-state index contributed by atoms with van der Waals surface area (Å²) >= 11 is 0. The van der Waals surface area contributed by atoms with Crippen LogP contribution in [0.2, 0.25) is 0 Å². The van der Waals surface area contributed by atoms with E-state index in [2.05, 4.69) is 170 Å². The molecule has 1 aliphatic rings. The van der Waals surface area contributed by atoms with Crippen LogP contribution in [-0.4, -0.2) is 0 Å². The van der Waals surface area contributed by atoms with Crippen LogP contribution in [0.4, 0.5) is 0 Å². The first-order chi connectivity index (χ1) is 22.8. The van der Waals surface area contributed by atoms with E-state index in [0.29, 0.717) is 0 Å². The quantitative estimate of drug-likeness (QED) is 0.139. The molecule has 1 saturated carbocycles. The minimum Gasteiger partial charge on any atom is -0.464 e. The summed E-state index contributed by atoms with van der Waals surface area (Å²) in [6.45, 7) is 0. The molecule has 2 nitrogen and oxygen atoms in total. The molecule has 4 heteroatoms. The molecule has 0 aliphatic heterocycles. The van der Waals surface area contributed by atoms with E-state index in [9.17, 15) is 0 Å². The maximum absolute atomic E-state index is 6.74. The first-order valence-electron chi connectivity index (χ1n) is 16.2. The Labute approximate surface area is 275 Å². The number of hydrogen-bond acceptors (Lipinski definition) is 2. The van der Waals surface area contributed by atoms with Crippen molar-refractivity contribution in [2.24, 2.45) is 0 Å². The Hall–Kier alpha value is -4.22. The van der Waals surface area contributed by atoms with Crippen LogP contribution in [0, 0.1) is 0 Å². The summed E-state index contributed by atoms with van der Waals surface area (Å²) in [7, 11) is -1.93. The molecule has 6 aromatic rings. The highest BCUT2D eigenvalue weighted by Gasteiger charge is 2.36. The van der Waals surface area contributed by atoms with E-state index < -0.39 is 16.3 Å². The lowest BCUT2D eigenvalue weighted by Gasteiger charge is -2.39. The second kappa shape index (κ2) is 14.5. The molecule has 0 heterocycles. The fourth-order valence-electron chi connectivity index (χ4n) is 6.54. The van der Waals surface area contributed by atoms with Crippen LogP contribution in [0.5, 0.6) is 11.5 Å². The molecule has 0 radical (unpaired) electrons. The Morgan fingerprint density at radius 3 is 0.957 bits per heavy atom. The zero-order valence-electron chi connectivity index (χ0n) is 25.9. The lowest BCUT2D eigenvalue weighted by molar-refractivity contribution is 0.345. The van der Waals surface area contributed by atoms with Crippen molar-refractivity contribution < 1.29 is 9.05 Å². The predicted octanol–water partition coefficient (Wildman–Crippen LogP) is 9.79. The summed E-state index contributed by atoms with van der Waals surface area (Å²) in [4.78, 5) is 0. The van der Waals surface area contributed by atoms with Crippen molar-refractivity contribution in [3.63, 3.8) is 0 Å². The van der Waals surface area contributed by atoms with Crippen LogP contribution in [0.1, 0.15) is 43.2 Å². The third kappa shape index (κ3) is 6.80. The summed E-state index contributed by atoms with van der Waals surface area (Å²) in [6, 6.07) is 60.2. The molecule has 6 aromatic carbocycles. The fourth-order valence-corrected chi connectivity index (χ4v) is 10.00. The molecule has 7 rings (SSSR count). The van der Waals surface area contributed by atoms with Gasteiger partial charge in [-0.25, -0.2) is 0 Å². The molecule has 0 amide bonds. The fraction of sp³-hybridized carbons (Fsp3) is 0.143. The number of benzene rings is 6. The van der Waals surface area contributed by atoms with Gasteiger partial charge in [-0.15, -0.1) is 0 Å². The minimum absolute atomic E-state index is 0.0114. The van der Waals surface area contributed by atoms with Gasteiger partial charge in [0.25, 0.3) is 0 Å². The lowest BCUT2D eigenvalue weighted by Crippen LogP contribution is -2.30. The Morgan fingerprint density at radius 1 is 0.348 bits per heavy atom. The zero-order chi connectivity index (χ0) is 31.0. The van der Waals surface area contributed by atoms with Crippen LogP contribution in [0.15, 0.2) is 170 Å². The van der Waals surface area contributed by atoms with Crippen LogP contribution in [0.25, 0.3) is 0 Å². The Balaban J connectivity index is 1.15. The van der Waals surface area contributed by atoms with Gasteiger partial charge in [0.2, 0.25) is 0 Å². The Kier molecular flexibility index (Phi) is 9.57. The van der Waals surface area contributed by atoms with Gasteiger partial charge in [0.1, 0.15) is 11.5 Å². The van der Waals surface area contributed by atoms with Gasteiger partial charge in [0, 0.05) is 26.6 Å². The van der Waals surface area contributed by atoms with Gasteiger partial charge in [0.05, 0.1) is 0 Å². The van der Waals surface area contributed by atoms with E-state index in [1.807, 2.05) is 0 Å².